The molecule has 14 heavy (non-hydrogen) atoms. The molecule has 78 valence electrons. The van der Waals surface area contributed by atoms with E-state index in [1.807, 2.05) is 0 Å². The third-order valence-corrected chi connectivity index (χ3v) is 3.36. The Kier molecular flexibility index (Phi) is 3.49. The first-order valence-electron chi connectivity index (χ1n) is 3.34. The van der Waals surface area contributed by atoms with Gasteiger partial charge in [-0.2, -0.15) is 0 Å². The normalized spacial score (nSPS) is 12.1. The molecule has 1 aromatic rings. The second-order valence-corrected chi connectivity index (χ2v) is 5.87. The zero-order valence-electron chi connectivity index (χ0n) is 6.55. The van der Waals surface area contributed by atoms with Crippen molar-refractivity contribution in [3.63, 3.8) is 0 Å². The van der Waals surface area contributed by atoms with Crippen LogP contribution in [0.1, 0.15) is 12.0 Å². The van der Waals surface area contributed by atoms with Crippen molar-refractivity contribution in [2.24, 2.45) is 0 Å². The fourth-order valence-corrected chi connectivity index (χ4v) is 2.37. The number of alkyl halides is 2. The van der Waals surface area contributed by atoms with E-state index in [4.69, 9.17) is 10.7 Å². The molecule has 0 aliphatic rings. The molecule has 0 spiro atoms. The molecule has 0 unspecified atom stereocenters. The van der Waals surface area contributed by atoms with Crippen molar-refractivity contribution >= 4 is 35.7 Å². The lowest BCUT2D eigenvalue weighted by atomic mass is 10.2. The van der Waals surface area contributed by atoms with Gasteiger partial charge in [0.1, 0.15) is 0 Å². The lowest BCUT2D eigenvalue weighted by Crippen LogP contribution is -1.98. The van der Waals surface area contributed by atoms with Gasteiger partial charge >= 0.3 is 0 Å². The lowest BCUT2D eigenvalue weighted by Gasteiger charge is -2.05. The van der Waals surface area contributed by atoms with E-state index in [9.17, 15) is 17.2 Å². The van der Waals surface area contributed by atoms with Crippen LogP contribution in [0.15, 0.2) is 27.6 Å². The Hall–Kier alpha value is -0.200. The quantitative estimate of drug-likeness (QED) is 0.786. The van der Waals surface area contributed by atoms with Crippen LogP contribution in [-0.4, -0.2) is 8.42 Å². The predicted molar refractivity (Wildman–Crippen MR) is 52.1 cm³/mol. The third-order valence-electron chi connectivity index (χ3n) is 1.47. The molecule has 0 atom stereocenters. The first-order valence-corrected chi connectivity index (χ1v) is 6.45. The maximum Gasteiger partial charge on any atom is 0.265 e. The predicted octanol–water partition coefficient (Wildman–Crippen LogP) is 3.31. The summed E-state index contributed by atoms with van der Waals surface area (Å²) in [7, 11) is 0.860. The molecule has 7 heteroatoms. The van der Waals surface area contributed by atoms with Crippen LogP contribution in [0.25, 0.3) is 0 Å². The van der Waals surface area contributed by atoms with Gasteiger partial charge in [0, 0.05) is 20.7 Å². The monoisotopic (exact) mass is 304 g/mol. The Morgan fingerprint density at radius 1 is 1.36 bits per heavy atom. The zero-order valence-corrected chi connectivity index (χ0v) is 9.70. The molecule has 0 saturated carbocycles. The molecule has 0 amide bonds. The molecule has 0 N–H and O–H groups in total. The Bertz CT molecular complexity index is 447. The van der Waals surface area contributed by atoms with E-state index in [-0.39, 0.29) is 0 Å². The summed E-state index contributed by atoms with van der Waals surface area (Å²) in [6.45, 7) is 0. The third kappa shape index (κ3) is 2.65. The van der Waals surface area contributed by atoms with Gasteiger partial charge in [-0.15, -0.1) is 0 Å². The summed E-state index contributed by atoms with van der Waals surface area (Å²) in [5, 5.41) is 0. The van der Waals surface area contributed by atoms with Crippen molar-refractivity contribution < 1.29 is 17.2 Å². The van der Waals surface area contributed by atoms with Crippen LogP contribution in [0.2, 0.25) is 0 Å². The van der Waals surface area contributed by atoms with Crippen LogP contribution in [0, 0.1) is 0 Å². The van der Waals surface area contributed by atoms with Crippen LogP contribution in [0.3, 0.4) is 0 Å². The van der Waals surface area contributed by atoms with Gasteiger partial charge in [-0.3, -0.25) is 0 Å². The summed E-state index contributed by atoms with van der Waals surface area (Å²) >= 11 is 2.96. The van der Waals surface area contributed by atoms with E-state index < -0.39 is 25.9 Å². The highest BCUT2D eigenvalue weighted by Gasteiger charge is 2.21. The molecule has 0 heterocycles. The topological polar surface area (TPSA) is 34.1 Å². The molecular weight excluding hydrogens is 301 g/mol. The summed E-state index contributed by atoms with van der Waals surface area (Å²) in [4.78, 5) is -0.558. The highest BCUT2D eigenvalue weighted by Crippen LogP contribution is 2.30. The number of hydrogen-bond donors (Lipinski definition) is 0. The lowest BCUT2D eigenvalue weighted by molar-refractivity contribution is 0.148. The minimum atomic E-state index is -4.12. The van der Waals surface area contributed by atoms with Crippen LogP contribution in [0.5, 0.6) is 0 Å². The number of hydrogen-bond acceptors (Lipinski definition) is 2. The molecule has 0 aliphatic heterocycles. The molecule has 0 bridgehead atoms. The van der Waals surface area contributed by atoms with Crippen molar-refractivity contribution in [1.82, 2.24) is 0 Å². The second-order valence-electron chi connectivity index (χ2n) is 2.42. The first kappa shape index (κ1) is 11.9. The average molecular weight is 306 g/mol. The smallest absolute Gasteiger partial charge is 0.207 e. The molecule has 1 rings (SSSR count). The van der Waals surface area contributed by atoms with E-state index in [0.29, 0.717) is 4.47 Å². The fourth-order valence-electron chi connectivity index (χ4n) is 0.912. The van der Waals surface area contributed by atoms with Crippen LogP contribution < -0.4 is 0 Å². The minimum absolute atomic E-state index is 0.372. The molecule has 2 nitrogen and oxygen atoms in total. The van der Waals surface area contributed by atoms with Crippen LogP contribution >= 0.6 is 26.6 Å². The Balaban J connectivity index is 3.45. The minimum Gasteiger partial charge on any atom is -0.207 e. The van der Waals surface area contributed by atoms with Gasteiger partial charge < -0.3 is 0 Å². The highest BCUT2D eigenvalue weighted by molar-refractivity contribution is 9.10. The maximum atomic E-state index is 12.4. The fraction of sp³-hybridized carbons (Fsp3) is 0.143. The molecule has 0 radical (unpaired) electrons. The number of benzene rings is 1. The summed E-state index contributed by atoms with van der Waals surface area (Å²) in [5.74, 6) is 0. The van der Waals surface area contributed by atoms with Gasteiger partial charge in [0.25, 0.3) is 15.5 Å². The molecule has 0 aromatic heterocycles. The SMILES string of the molecule is O=S(=O)(Cl)c1ccc(Br)cc1C(F)F. The van der Waals surface area contributed by atoms with Crippen molar-refractivity contribution in [1.29, 1.82) is 0 Å². The van der Waals surface area contributed by atoms with Gasteiger partial charge in [0.05, 0.1) is 4.90 Å². The first-order chi connectivity index (χ1) is 6.32. The molecule has 0 aliphatic carbocycles. The standard InChI is InChI=1S/C7H4BrClF2O2S/c8-4-1-2-6(14(9,12)13)5(3-4)7(10)11/h1-3,7H. The van der Waals surface area contributed by atoms with E-state index in [2.05, 4.69) is 15.9 Å². The van der Waals surface area contributed by atoms with E-state index >= 15 is 0 Å². The van der Waals surface area contributed by atoms with Crippen molar-refractivity contribution in [3.05, 3.63) is 28.2 Å². The number of halogens is 4. The van der Waals surface area contributed by atoms with Gasteiger partial charge in [-0.25, -0.2) is 17.2 Å². The number of rotatable bonds is 2. The van der Waals surface area contributed by atoms with Crippen molar-refractivity contribution in [3.8, 4) is 0 Å². The van der Waals surface area contributed by atoms with Gasteiger partial charge in [-0.05, 0) is 18.2 Å². The maximum absolute atomic E-state index is 12.4. The van der Waals surface area contributed by atoms with Crippen LogP contribution in [-0.2, 0) is 9.05 Å². The van der Waals surface area contributed by atoms with E-state index in [1.165, 1.54) is 6.07 Å². The van der Waals surface area contributed by atoms with Gasteiger partial charge in [-0.1, -0.05) is 15.9 Å². The van der Waals surface area contributed by atoms with Crippen molar-refractivity contribution in [2.75, 3.05) is 0 Å². The molecule has 0 saturated heterocycles. The average Bonchev–Trinajstić information content (AvgIpc) is 2.01. The van der Waals surface area contributed by atoms with E-state index in [0.717, 1.165) is 12.1 Å². The molecular formula is C7H4BrClF2O2S. The summed E-state index contributed by atoms with van der Waals surface area (Å²) in [6.07, 6.45) is -2.88. The summed E-state index contributed by atoms with van der Waals surface area (Å²) in [6, 6.07) is 3.40. The van der Waals surface area contributed by atoms with Gasteiger partial charge in [0.15, 0.2) is 0 Å². The Morgan fingerprint density at radius 3 is 2.36 bits per heavy atom. The largest absolute Gasteiger partial charge is 0.265 e. The Labute approximate surface area is 92.4 Å². The Morgan fingerprint density at radius 2 is 1.93 bits per heavy atom. The van der Waals surface area contributed by atoms with Crippen molar-refractivity contribution in [2.45, 2.75) is 11.3 Å². The zero-order chi connectivity index (χ0) is 10.9. The summed E-state index contributed by atoms with van der Waals surface area (Å²) in [5.41, 5.74) is -0.602. The van der Waals surface area contributed by atoms with E-state index in [1.54, 1.807) is 0 Å². The highest BCUT2D eigenvalue weighted by atomic mass is 79.9. The molecule has 0 fully saturated rings. The molecule has 1 aromatic carbocycles. The van der Waals surface area contributed by atoms with Crippen LogP contribution in [0.4, 0.5) is 8.78 Å². The van der Waals surface area contributed by atoms with Gasteiger partial charge in [0.2, 0.25) is 0 Å². The summed E-state index contributed by atoms with van der Waals surface area (Å²) < 4.78 is 46.9. The second kappa shape index (κ2) is 4.12.